The Hall–Kier alpha value is -6.26. The highest BCUT2D eigenvalue weighted by Crippen LogP contribution is 2.43. The van der Waals surface area contributed by atoms with E-state index < -0.39 is 6.04 Å². The molecule has 8 rings (SSSR count). The maximum atomic E-state index is 12.0. The van der Waals surface area contributed by atoms with Crippen molar-refractivity contribution in [3.05, 3.63) is 167 Å². The van der Waals surface area contributed by atoms with Gasteiger partial charge in [0.1, 0.15) is 11.6 Å². The molecule has 0 aliphatic heterocycles. The molecule has 0 aliphatic rings. The van der Waals surface area contributed by atoms with Crippen LogP contribution in [0.1, 0.15) is 97.0 Å². The van der Waals surface area contributed by atoms with E-state index in [1.54, 1.807) is 18.3 Å². The van der Waals surface area contributed by atoms with Crippen LogP contribution in [0.4, 0.5) is 0 Å². The van der Waals surface area contributed by atoms with Crippen LogP contribution in [0.15, 0.2) is 140 Å². The normalized spacial score (nSPS) is 13.5. The fraction of sp³-hybridized carbons (Fsp3) is 0.250. The molecule has 302 valence electrons. The summed E-state index contributed by atoms with van der Waals surface area (Å²) in [5.74, 6) is 0.817. The van der Waals surface area contributed by atoms with Gasteiger partial charge in [-0.2, -0.15) is 0 Å². The number of aromatic hydroxyl groups is 1. The molecule has 0 fully saturated rings. The van der Waals surface area contributed by atoms with Gasteiger partial charge in [-0.25, -0.2) is 4.98 Å². The lowest BCUT2D eigenvalue weighted by molar-refractivity contribution is 0.471. The minimum atomic E-state index is -0.429. The van der Waals surface area contributed by atoms with E-state index in [-0.39, 0.29) is 51.7 Å². The largest absolute Gasteiger partial charge is 0.507 e. The second kappa shape index (κ2) is 15.1. The Labute approximate surface area is 363 Å². The van der Waals surface area contributed by atoms with Crippen LogP contribution in [0.5, 0.6) is 5.75 Å². The smallest absolute Gasteiger partial charge is 0.149 e. The van der Waals surface area contributed by atoms with Gasteiger partial charge in [0.05, 0.1) is 34.8 Å². The standard InChI is InChI=1S/C56H57N3O/c1-35-28-39(44-20-15-16-22-47(44)56(9,10)11)24-25-49(35)59-50-23-17-21-45(51(50)58-53(59)46-34-42(54(3,4)5)29-36(2)52(46)60)40-30-41(32-43(31-40)55(6,7)8)48-33-38(26-27-57-48)37-18-13-12-14-19-37/h12-34,60H,1-11H3/i12D,13D,14D,18D,19D. The summed E-state index contributed by atoms with van der Waals surface area (Å²) in [5.41, 5.74) is 14.2. The van der Waals surface area contributed by atoms with Crippen LogP contribution < -0.4 is 0 Å². The minimum absolute atomic E-state index is 0.0475. The number of hydrogen-bond acceptors (Lipinski definition) is 3. The van der Waals surface area contributed by atoms with Gasteiger partial charge in [-0.1, -0.05) is 147 Å². The predicted molar refractivity (Wildman–Crippen MR) is 253 cm³/mol. The van der Waals surface area contributed by atoms with Gasteiger partial charge in [-0.15, -0.1) is 0 Å². The molecule has 60 heavy (non-hydrogen) atoms. The highest BCUT2D eigenvalue weighted by Gasteiger charge is 2.26. The molecule has 0 aliphatic carbocycles. The van der Waals surface area contributed by atoms with Gasteiger partial charge >= 0.3 is 0 Å². The number of aryl methyl sites for hydroxylation is 2. The Balaban J connectivity index is 1.38. The molecule has 2 aromatic heterocycles. The van der Waals surface area contributed by atoms with Crippen LogP contribution in [0, 0.1) is 13.8 Å². The number of rotatable bonds is 6. The van der Waals surface area contributed by atoms with Gasteiger partial charge in [0.25, 0.3) is 0 Å². The van der Waals surface area contributed by atoms with Crippen LogP contribution in [0.3, 0.4) is 0 Å². The zero-order chi connectivity index (χ0) is 47.1. The summed E-state index contributed by atoms with van der Waals surface area (Å²) in [5, 5.41) is 12.0. The lowest BCUT2D eigenvalue weighted by Gasteiger charge is -2.24. The molecule has 0 saturated carbocycles. The first kappa shape index (κ1) is 34.6. The van der Waals surface area contributed by atoms with Crippen LogP contribution in [0.2, 0.25) is 0 Å². The first-order valence-electron chi connectivity index (χ1n) is 23.2. The topological polar surface area (TPSA) is 50.9 Å². The van der Waals surface area contributed by atoms with Crippen molar-refractivity contribution < 1.29 is 12.0 Å². The van der Waals surface area contributed by atoms with E-state index in [1.807, 2.05) is 6.92 Å². The summed E-state index contributed by atoms with van der Waals surface area (Å²) in [4.78, 5) is 10.3. The fourth-order valence-electron chi connectivity index (χ4n) is 8.10. The number of phenols is 1. The number of pyridine rings is 1. The molecule has 0 atom stereocenters. The number of hydrogen-bond donors (Lipinski definition) is 1. The third-order valence-electron chi connectivity index (χ3n) is 11.5. The zero-order valence-corrected chi connectivity index (χ0v) is 36.7. The molecule has 0 spiro atoms. The molecule has 1 N–H and O–H groups in total. The van der Waals surface area contributed by atoms with Crippen molar-refractivity contribution in [3.63, 3.8) is 0 Å². The molecule has 6 aromatic carbocycles. The first-order valence-corrected chi connectivity index (χ1v) is 20.7. The molecule has 0 radical (unpaired) electrons. The first-order chi connectivity index (χ1) is 30.4. The molecule has 0 saturated heterocycles. The Kier molecular flexibility index (Phi) is 8.70. The summed E-state index contributed by atoms with van der Waals surface area (Å²) < 4.78 is 44.3. The van der Waals surface area contributed by atoms with E-state index in [9.17, 15) is 5.11 Å². The van der Waals surface area contributed by atoms with Crippen LogP contribution in [0.25, 0.3) is 72.7 Å². The van der Waals surface area contributed by atoms with Gasteiger partial charge in [0, 0.05) is 17.3 Å². The Morgan fingerprint density at radius 1 is 0.550 bits per heavy atom. The van der Waals surface area contributed by atoms with Gasteiger partial charge in [-0.05, 0) is 134 Å². The molecule has 0 unspecified atom stereocenters. The lowest BCUT2D eigenvalue weighted by Crippen LogP contribution is -2.12. The van der Waals surface area contributed by atoms with E-state index in [1.165, 1.54) is 11.1 Å². The molecular formula is C56H57N3O. The maximum Gasteiger partial charge on any atom is 0.149 e. The molecule has 2 heterocycles. The van der Waals surface area contributed by atoms with Crippen LogP contribution in [-0.2, 0) is 16.2 Å². The molecule has 8 aromatic rings. The Bertz CT molecular complexity index is 3170. The average molecular weight is 793 g/mol. The third kappa shape index (κ3) is 7.68. The summed E-state index contributed by atoms with van der Waals surface area (Å²) in [7, 11) is 0. The minimum Gasteiger partial charge on any atom is -0.507 e. The van der Waals surface area contributed by atoms with Crippen molar-refractivity contribution in [2.75, 3.05) is 0 Å². The number of phenolic OH excluding ortho intramolecular Hbond substituents is 1. The second-order valence-electron chi connectivity index (χ2n) is 19.2. The summed E-state index contributed by atoms with van der Waals surface area (Å²) in [6, 6.07) is 33.8. The monoisotopic (exact) mass is 792 g/mol. The maximum absolute atomic E-state index is 12.0. The number of nitrogens with zero attached hydrogens (tertiary/aromatic N) is 3. The number of aromatic nitrogens is 3. The number of benzene rings is 6. The van der Waals surface area contributed by atoms with Crippen molar-refractivity contribution in [2.45, 2.75) is 92.4 Å². The van der Waals surface area contributed by atoms with E-state index in [0.29, 0.717) is 22.6 Å². The van der Waals surface area contributed by atoms with E-state index in [2.05, 4.69) is 165 Å². The van der Waals surface area contributed by atoms with E-state index in [0.717, 1.165) is 61.2 Å². The van der Waals surface area contributed by atoms with Crippen molar-refractivity contribution in [3.8, 4) is 67.5 Å². The van der Waals surface area contributed by atoms with E-state index in [4.69, 9.17) is 16.8 Å². The number of fused-ring (bicyclic) bond motifs is 1. The SMILES string of the molecule is [2H]c1c([2H])c([2H])c(-c2ccnc(-c3cc(-c4cccc5c4nc(-c4cc(C(C)(C)C)cc(C)c4O)n5-c4ccc(-c5ccccc5C(C)(C)C)cc4C)cc(C(C)(C)C)c3)c2)c([2H])c1[2H]. The number of para-hydroxylation sites is 1. The highest BCUT2D eigenvalue weighted by atomic mass is 16.3. The third-order valence-corrected chi connectivity index (χ3v) is 11.5. The van der Waals surface area contributed by atoms with E-state index >= 15 is 0 Å². The molecule has 4 nitrogen and oxygen atoms in total. The summed E-state index contributed by atoms with van der Waals surface area (Å²) >= 11 is 0. The van der Waals surface area contributed by atoms with Crippen LogP contribution in [-0.4, -0.2) is 19.6 Å². The fourth-order valence-corrected chi connectivity index (χ4v) is 8.10. The highest BCUT2D eigenvalue weighted by molar-refractivity contribution is 5.97. The molecule has 0 bridgehead atoms. The van der Waals surface area contributed by atoms with Crippen molar-refractivity contribution >= 4 is 11.0 Å². The Morgan fingerprint density at radius 2 is 1.23 bits per heavy atom. The zero-order valence-electron chi connectivity index (χ0n) is 41.7. The van der Waals surface area contributed by atoms with Crippen LogP contribution >= 0.6 is 0 Å². The van der Waals surface area contributed by atoms with Gasteiger partial charge in [0.2, 0.25) is 0 Å². The van der Waals surface area contributed by atoms with Gasteiger partial charge in [0.15, 0.2) is 0 Å². The Morgan fingerprint density at radius 3 is 1.93 bits per heavy atom. The van der Waals surface area contributed by atoms with Gasteiger partial charge < -0.3 is 5.11 Å². The molecule has 4 heteroatoms. The van der Waals surface area contributed by atoms with Crippen molar-refractivity contribution in [2.24, 2.45) is 0 Å². The average Bonchev–Trinajstić information content (AvgIpc) is 3.64. The van der Waals surface area contributed by atoms with Crippen molar-refractivity contribution in [1.82, 2.24) is 14.5 Å². The van der Waals surface area contributed by atoms with Crippen molar-refractivity contribution in [1.29, 1.82) is 0 Å². The lowest BCUT2D eigenvalue weighted by atomic mass is 9.81. The van der Waals surface area contributed by atoms with Gasteiger partial charge in [-0.3, -0.25) is 9.55 Å². The number of imidazole rings is 1. The quantitative estimate of drug-likeness (QED) is 0.182. The summed E-state index contributed by atoms with van der Waals surface area (Å²) in [6.07, 6.45) is 1.62. The molecular weight excluding hydrogens is 731 g/mol. The molecule has 0 amide bonds. The summed E-state index contributed by atoms with van der Waals surface area (Å²) in [6.45, 7) is 23.8. The predicted octanol–water partition coefficient (Wildman–Crippen LogP) is 15.0. The second-order valence-corrected chi connectivity index (χ2v) is 19.2.